The lowest BCUT2D eigenvalue weighted by Gasteiger charge is -2.27. The van der Waals surface area contributed by atoms with Crippen molar-refractivity contribution in [2.75, 3.05) is 6.61 Å². The maximum absolute atomic E-state index is 12.6. The van der Waals surface area contributed by atoms with Crippen LogP contribution in [0.3, 0.4) is 0 Å². The molecule has 0 heterocycles. The van der Waals surface area contributed by atoms with Crippen LogP contribution in [0.4, 0.5) is 0 Å². The van der Waals surface area contributed by atoms with Crippen molar-refractivity contribution < 1.29 is 25.2 Å². The van der Waals surface area contributed by atoms with Gasteiger partial charge in [0.2, 0.25) is 5.91 Å². The lowest BCUT2D eigenvalue weighted by Crippen LogP contribution is -2.53. The Kier molecular flexibility index (Phi) is 62.6. The van der Waals surface area contributed by atoms with Crippen LogP contribution < -0.4 is 5.32 Å². The van der Waals surface area contributed by atoms with Crippen molar-refractivity contribution in [3.8, 4) is 0 Å². The number of hydrogen-bond acceptors (Lipinski definition) is 5. The molecule has 75 heavy (non-hydrogen) atoms. The Labute approximate surface area is 469 Å². The highest BCUT2D eigenvalue weighted by molar-refractivity contribution is 5.80. The van der Waals surface area contributed by atoms with Gasteiger partial charge in [0.25, 0.3) is 0 Å². The minimum atomic E-state index is -1.26. The van der Waals surface area contributed by atoms with Crippen LogP contribution >= 0.6 is 0 Å². The van der Waals surface area contributed by atoms with Crippen LogP contribution in [-0.2, 0) is 4.79 Å². The Morgan fingerprint density at radius 2 is 0.573 bits per heavy atom. The molecule has 0 rings (SSSR count). The SMILES string of the molecule is CCCCCCCCCCCCCCCCC/C=C\C/C=C\CCCCCCCCCCCCCCCCCCC(O)C(=O)NC(CO)C(O)C(O)CCCCCCCCCCCCCCCCCCCCCCC. The van der Waals surface area contributed by atoms with Crippen LogP contribution in [0.1, 0.15) is 380 Å². The smallest absolute Gasteiger partial charge is 0.249 e. The summed E-state index contributed by atoms with van der Waals surface area (Å²) in [6.45, 7) is 4.11. The van der Waals surface area contributed by atoms with Crippen LogP contribution in [0.5, 0.6) is 0 Å². The summed E-state index contributed by atoms with van der Waals surface area (Å²) in [5, 5.41) is 44.2. The van der Waals surface area contributed by atoms with Crippen molar-refractivity contribution in [1.82, 2.24) is 5.32 Å². The van der Waals surface area contributed by atoms with Gasteiger partial charge in [-0.25, -0.2) is 0 Å². The lowest BCUT2D eigenvalue weighted by molar-refractivity contribution is -0.132. The molecule has 0 bridgehead atoms. The van der Waals surface area contributed by atoms with Gasteiger partial charge in [0.05, 0.1) is 18.8 Å². The van der Waals surface area contributed by atoms with E-state index in [1.54, 1.807) is 0 Å². The van der Waals surface area contributed by atoms with E-state index in [9.17, 15) is 25.2 Å². The van der Waals surface area contributed by atoms with Crippen LogP contribution in [0, 0.1) is 0 Å². The second kappa shape index (κ2) is 63.6. The first-order valence-corrected chi connectivity index (χ1v) is 34.2. The van der Waals surface area contributed by atoms with Crippen LogP contribution in [0.25, 0.3) is 0 Å². The van der Waals surface area contributed by atoms with Crippen molar-refractivity contribution in [3.05, 3.63) is 24.3 Å². The van der Waals surface area contributed by atoms with Gasteiger partial charge in [-0.05, 0) is 44.9 Å². The van der Waals surface area contributed by atoms with E-state index in [1.807, 2.05) is 0 Å². The first-order chi connectivity index (χ1) is 37.0. The summed E-state index contributed by atoms with van der Waals surface area (Å²) in [6, 6.07) is -0.985. The fourth-order valence-electron chi connectivity index (χ4n) is 11.1. The molecule has 0 saturated heterocycles. The van der Waals surface area contributed by atoms with Gasteiger partial charge in [-0.1, -0.05) is 359 Å². The van der Waals surface area contributed by atoms with Gasteiger partial charge < -0.3 is 25.7 Å². The molecule has 1 amide bonds. The first-order valence-electron chi connectivity index (χ1n) is 34.2. The predicted molar refractivity (Wildman–Crippen MR) is 330 cm³/mol. The van der Waals surface area contributed by atoms with Gasteiger partial charge in [0.15, 0.2) is 0 Å². The average Bonchev–Trinajstić information content (AvgIpc) is 3.42. The summed E-state index contributed by atoms with van der Waals surface area (Å²) in [4.78, 5) is 12.6. The third-order valence-corrected chi connectivity index (χ3v) is 16.4. The molecule has 0 aromatic heterocycles. The van der Waals surface area contributed by atoms with Crippen LogP contribution in [-0.4, -0.2) is 57.3 Å². The zero-order chi connectivity index (χ0) is 54.4. The van der Waals surface area contributed by atoms with E-state index in [2.05, 4.69) is 43.5 Å². The molecule has 5 N–H and O–H groups in total. The first kappa shape index (κ1) is 73.8. The fourth-order valence-corrected chi connectivity index (χ4v) is 11.1. The molecular formula is C69H135NO5. The number of unbranched alkanes of at least 4 members (excludes halogenated alkanes) is 51. The molecule has 0 saturated carbocycles. The number of aliphatic hydroxyl groups is 4. The van der Waals surface area contributed by atoms with E-state index in [0.29, 0.717) is 12.8 Å². The molecule has 0 spiro atoms. The standard InChI is InChI=1S/C69H135NO5/c1-3-5-7-9-11-13-15-17-19-21-23-25-26-27-28-29-30-31-32-33-34-35-36-37-38-39-40-41-43-45-47-49-51-53-55-57-59-61-63-67(73)69(75)70-65(64-71)68(74)66(72)62-60-58-56-54-52-50-48-46-44-42-24-22-20-18-16-14-12-10-8-6-4-2/h30-31,33-34,65-68,71-74H,3-29,32,35-64H2,1-2H3,(H,70,75)/b31-30-,34-33-. The molecular weight excluding hydrogens is 923 g/mol. The summed E-state index contributed by atoms with van der Waals surface area (Å²) in [5.74, 6) is -0.577. The van der Waals surface area contributed by atoms with Crippen LogP contribution in [0.2, 0.25) is 0 Å². The van der Waals surface area contributed by atoms with Crippen molar-refractivity contribution in [3.63, 3.8) is 0 Å². The summed E-state index contributed by atoms with van der Waals surface area (Å²) < 4.78 is 0. The Hall–Kier alpha value is -1.21. The largest absolute Gasteiger partial charge is 0.394 e. The fraction of sp³-hybridized carbons (Fsp3) is 0.928. The van der Waals surface area contributed by atoms with E-state index < -0.39 is 36.9 Å². The lowest BCUT2D eigenvalue weighted by atomic mass is 9.99. The molecule has 0 aromatic carbocycles. The number of nitrogens with one attached hydrogen (secondary N) is 1. The van der Waals surface area contributed by atoms with Gasteiger partial charge in [0.1, 0.15) is 12.2 Å². The quantitative estimate of drug-likeness (QED) is 0.0308. The second-order valence-corrected chi connectivity index (χ2v) is 23.9. The maximum atomic E-state index is 12.6. The second-order valence-electron chi connectivity index (χ2n) is 23.9. The third-order valence-electron chi connectivity index (χ3n) is 16.4. The molecule has 0 aliphatic carbocycles. The van der Waals surface area contributed by atoms with Crippen molar-refractivity contribution in [2.45, 2.75) is 404 Å². The highest BCUT2D eigenvalue weighted by atomic mass is 16.3. The van der Waals surface area contributed by atoms with Crippen LogP contribution in [0.15, 0.2) is 24.3 Å². The van der Waals surface area contributed by atoms with Crippen molar-refractivity contribution in [2.24, 2.45) is 0 Å². The molecule has 0 aliphatic heterocycles. The molecule has 0 radical (unpaired) electrons. The van der Waals surface area contributed by atoms with Gasteiger partial charge in [-0.15, -0.1) is 0 Å². The molecule has 6 heteroatoms. The number of allylic oxidation sites excluding steroid dienone is 4. The molecule has 0 aliphatic rings. The number of carbonyl (C=O) groups excluding carboxylic acids is 1. The number of rotatable bonds is 64. The Balaban J connectivity index is 3.53. The highest BCUT2D eigenvalue weighted by Gasteiger charge is 2.28. The molecule has 0 aromatic rings. The van der Waals surface area contributed by atoms with E-state index in [0.717, 1.165) is 44.9 Å². The minimum absolute atomic E-state index is 0.372. The van der Waals surface area contributed by atoms with Crippen molar-refractivity contribution >= 4 is 5.91 Å². The minimum Gasteiger partial charge on any atom is -0.394 e. The van der Waals surface area contributed by atoms with E-state index in [-0.39, 0.29) is 0 Å². The zero-order valence-electron chi connectivity index (χ0n) is 50.8. The van der Waals surface area contributed by atoms with E-state index in [1.165, 1.54) is 308 Å². The van der Waals surface area contributed by atoms with Gasteiger partial charge in [0, 0.05) is 0 Å². The zero-order valence-corrected chi connectivity index (χ0v) is 50.8. The highest BCUT2D eigenvalue weighted by Crippen LogP contribution is 2.19. The van der Waals surface area contributed by atoms with E-state index in [4.69, 9.17) is 0 Å². The number of aliphatic hydroxyl groups excluding tert-OH is 4. The normalized spacial score (nSPS) is 13.6. The molecule has 6 nitrogen and oxygen atoms in total. The molecule has 0 fully saturated rings. The van der Waals surface area contributed by atoms with E-state index >= 15 is 0 Å². The number of hydrogen-bond donors (Lipinski definition) is 5. The third kappa shape index (κ3) is 57.3. The van der Waals surface area contributed by atoms with Gasteiger partial charge in [-0.2, -0.15) is 0 Å². The number of amides is 1. The Morgan fingerprint density at radius 3 is 0.840 bits per heavy atom. The monoisotopic (exact) mass is 1060 g/mol. The van der Waals surface area contributed by atoms with Gasteiger partial charge >= 0.3 is 0 Å². The summed E-state index contributed by atoms with van der Waals surface area (Å²) in [7, 11) is 0. The van der Waals surface area contributed by atoms with Gasteiger partial charge in [-0.3, -0.25) is 4.79 Å². The molecule has 4 atom stereocenters. The molecule has 446 valence electrons. The number of carbonyl (C=O) groups is 1. The van der Waals surface area contributed by atoms with Crippen molar-refractivity contribution in [1.29, 1.82) is 0 Å². The maximum Gasteiger partial charge on any atom is 0.249 e. The molecule has 4 unspecified atom stereocenters. The topological polar surface area (TPSA) is 110 Å². The average molecular weight is 1060 g/mol. The summed E-state index contributed by atoms with van der Waals surface area (Å²) >= 11 is 0. The Bertz CT molecular complexity index is 1140. The summed E-state index contributed by atoms with van der Waals surface area (Å²) in [6.07, 6.45) is 80.1. The summed E-state index contributed by atoms with van der Waals surface area (Å²) in [5.41, 5.74) is 0. The predicted octanol–water partition coefficient (Wildman–Crippen LogP) is 20.9. The Morgan fingerprint density at radius 1 is 0.333 bits per heavy atom.